The first kappa shape index (κ1) is 20.3. The number of rotatable bonds is 5. The number of aliphatic hydroxyl groups excluding tert-OH is 1. The van der Waals surface area contributed by atoms with Gasteiger partial charge < -0.3 is 19.1 Å². The monoisotopic (exact) mass is 426 g/mol. The van der Waals surface area contributed by atoms with Gasteiger partial charge in [0.05, 0.1) is 17.6 Å². The highest BCUT2D eigenvalue weighted by Crippen LogP contribution is 2.33. The second-order valence-corrected chi connectivity index (χ2v) is 8.21. The van der Waals surface area contributed by atoms with Gasteiger partial charge in [0, 0.05) is 60.1 Å². The molecule has 1 amide bonds. The average Bonchev–Trinajstić information content (AvgIpc) is 3.33. The zero-order valence-corrected chi connectivity index (χ0v) is 18.5. The lowest BCUT2D eigenvalue weighted by Gasteiger charge is -2.10. The van der Waals surface area contributed by atoms with Crippen LogP contribution < -0.4 is 0 Å². The van der Waals surface area contributed by atoms with Crippen LogP contribution in [0.3, 0.4) is 0 Å². The average molecular weight is 427 g/mol. The van der Waals surface area contributed by atoms with E-state index in [4.69, 9.17) is 4.98 Å². The molecule has 2 aromatic heterocycles. The first-order valence-corrected chi connectivity index (χ1v) is 10.9. The lowest BCUT2D eigenvalue weighted by Crippen LogP contribution is -2.21. The number of hydrogen-bond donors (Lipinski definition) is 1. The van der Waals surface area contributed by atoms with E-state index in [1.807, 2.05) is 22.8 Å². The predicted octanol–water partition coefficient (Wildman–Crippen LogP) is 4.53. The molecule has 0 aliphatic rings. The van der Waals surface area contributed by atoms with Crippen LogP contribution in [-0.2, 0) is 13.1 Å². The lowest BCUT2D eigenvalue weighted by molar-refractivity contribution is 0.0827. The van der Waals surface area contributed by atoms with E-state index in [1.54, 1.807) is 19.0 Å². The second kappa shape index (κ2) is 7.80. The molecule has 0 aliphatic heterocycles. The fourth-order valence-corrected chi connectivity index (χ4v) is 4.60. The number of nitrogens with zero attached hydrogens (tertiary/aromatic N) is 4. The van der Waals surface area contributed by atoms with Crippen LogP contribution in [0.1, 0.15) is 17.3 Å². The van der Waals surface area contributed by atoms with Gasteiger partial charge in [0.25, 0.3) is 5.91 Å². The van der Waals surface area contributed by atoms with Crippen LogP contribution in [0.25, 0.3) is 44.2 Å². The van der Waals surface area contributed by atoms with Gasteiger partial charge in [0.15, 0.2) is 0 Å². The minimum absolute atomic E-state index is 0.00816. The summed E-state index contributed by atoms with van der Waals surface area (Å²) in [5.74, 6) is 0.734. The van der Waals surface area contributed by atoms with Crippen molar-refractivity contribution in [2.75, 3.05) is 20.7 Å². The number of aryl methyl sites for hydroxylation is 1. The Morgan fingerprint density at radius 2 is 1.69 bits per heavy atom. The second-order valence-electron chi connectivity index (χ2n) is 8.21. The molecule has 6 nitrogen and oxygen atoms in total. The van der Waals surface area contributed by atoms with Gasteiger partial charge in [-0.15, -0.1) is 0 Å². The zero-order valence-electron chi connectivity index (χ0n) is 18.5. The summed E-state index contributed by atoms with van der Waals surface area (Å²) in [6, 6.07) is 20.4. The third kappa shape index (κ3) is 3.07. The number of fused-ring (bicyclic) bond motifs is 4. The van der Waals surface area contributed by atoms with E-state index in [2.05, 4.69) is 54.0 Å². The topological polar surface area (TPSA) is 63.3 Å². The molecule has 5 aromatic rings. The van der Waals surface area contributed by atoms with E-state index in [9.17, 15) is 9.90 Å². The molecule has 0 spiro atoms. The van der Waals surface area contributed by atoms with Crippen molar-refractivity contribution in [3.63, 3.8) is 0 Å². The van der Waals surface area contributed by atoms with Crippen LogP contribution in [0.5, 0.6) is 0 Å². The molecule has 0 radical (unpaired) electrons. The van der Waals surface area contributed by atoms with Crippen molar-refractivity contribution in [1.82, 2.24) is 19.0 Å². The molecule has 0 saturated carbocycles. The zero-order chi connectivity index (χ0) is 22.4. The summed E-state index contributed by atoms with van der Waals surface area (Å²) in [4.78, 5) is 18.9. The SMILES string of the molecule is CCn1c2ccccc2c2cc(-c3nc4cc(C(=O)N(C)C)ccc4n3CCO)ccc21. The van der Waals surface area contributed by atoms with E-state index >= 15 is 0 Å². The maximum Gasteiger partial charge on any atom is 0.253 e. The highest BCUT2D eigenvalue weighted by atomic mass is 16.3. The number of carbonyl (C=O) groups is 1. The fourth-order valence-electron chi connectivity index (χ4n) is 4.60. The summed E-state index contributed by atoms with van der Waals surface area (Å²) in [6.45, 7) is 3.50. The van der Waals surface area contributed by atoms with Crippen LogP contribution in [0.4, 0.5) is 0 Å². The van der Waals surface area contributed by atoms with E-state index < -0.39 is 0 Å². The van der Waals surface area contributed by atoms with Crippen molar-refractivity contribution in [3.05, 3.63) is 66.2 Å². The quantitative estimate of drug-likeness (QED) is 0.449. The van der Waals surface area contributed by atoms with Crippen molar-refractivity contribution >= 4 is 38.7 Å². The molecule has 5 rings (SSSR count). The van der Waals surface area contributed by atoms with E-state index in [0.29, 0.717) is 12.1 Å². The molecule has 0 fully saturated rings. The Morgan fingerprint density at radius 1 is 0.938 bits per heavy atom. The molecule has 0 atom stereocenters. The first-order chi connectivity index (χ1) is 15.5. The molecule has 6 heteroatoms. The summed E-state index contributed by atoms with van der Waals surface area (Å²) in [6.07, 6.45) is 0. The summed E-state index contributed by atoms with van der Waals surface area (Å²) in [5.41, 5.74) is 5.66. The van der Waals surface area contributed by atoms with Gasteiger partial charge >= 0.3 is 0 Å². The van der Waals surface area contributed by atoms with Crippen LogP contribution >= 0.6 is 0 Å². The Bertz CT molecular complexity index is 1480. The Balaban J connectivity index is 1.73. The van der Waals surface area contributed by atoms with Gasteiger partial charge in [0.1, 0.15) is 5.82 Å². The van der Waals surface area contributed by atoms with E-state index in [-0.39, 0.29) is 12.5 Å². The highest BCUT2D eigenvalue weighted by molar-refractivity contribution is 6.09. The van der Waals surface area contributed by atoms with Crippen molar-refractivity contribution in [2.24, 2.45) is 0 Å². The first-order valence-electron chi connectivity index (χ1n) is 10.9. The van der Waals surface area contributed by atoms with Crippen molar-refractivity contribution in [3.8, 4) is 11.4 Å². The summed E-state index contributed by atoms with van der Waals surface area (Å²) in [7, 11) is 3.48. The lowest BCUT2D eigenvalue weighted by atomic mass is 10.1. The number of aromatic nitrogens is 3. The van der Waals surface area contributed by atoms with Crippen LogP contribution in [0, 0.1) is 0 Å². The van der Waals surface area contributed by atoms with Crippen LogP contribution in [0.15, 0.2) is 60.7 Å². The van der Waals surface area contributed by atoms with Crippen LogP contribution in [-0.4, -0.2) is 50.7 Å². The number of para-hydroxylation sites is 1. The van der Waals surface area contributed by atoms with E-state index in [1.165, 1.54) is 21.8 Å². The number of aliphatic hydroxyl groups is 1. The molecule has 32 heavy (non-hydrogen) atoms. The summed E-state index contributed by atoms with van der Waals surface area (Å²) >= 11 is 0. The predicted molar refractivity (Wildman–Crippen MR) is 129 cm³/mol. The molecule has 0 bridgehead atoms. The number of amides is 1. The fraction of sp³-hybridized carbons (Fsp3) is 0.231. The van der Waals surface area contributed by atoms with Gasteiger partial charge in [0.2, 0.25) is 0 Å². The molecular weight excluding hydrogens is 400 g/mol. The highest BCUT2D eigenvalue weighted by Gasteiger charge is 2.17. The standard InChI is InChI=1S/C26H26N4O2/c1-4-29-22-8-6-5-7-19(22)20-15-17(9-11-23(20)29)25-27-21-16-18(26(32)28(2)3)10-12-24(21)30(25)13-14-31/h5-12,15-16,31H,4,13-14H2,1-3H3. The van der Waals surface area contributed by atoms with E-state index in [0.717, 1.165) is 29.0 Å². The van der Waals surface area contributed by atoms with Gasteiger partial charge in [-0.1, -0.05) is 18.2 Å². The van der Waals surface area contributed by atoms with Gasteiger partial charge in [-0.2, -0.15) is 0 Å². The third-order valence-corrected chi connectivity index (χ3v) is 6.07. The molecule has 3 aromatic carbocycles. The van der Waals surface area contributed by atoms with Crippen molar-refractivity contribution < 1.29 is 9.90 Å². The molecule has 0 unspecified atom stereocenters. The summed E-state index contributed by atoms with van der Waals surface area (Å²) in [5, 5.41) is 12.1. The largest absolute Gasteiger partial charge is 0.395 e. The van der Waals surface area contributed by atoms with Crippen molar-refractivity contribution in [1.29, 1.82) is 0 Å². The Labute approximate surface area is 186 Å². The minimum atomic E-state index is -0.0565. The van der Waals surface area contributed by atoms with Gasteiger partial charge in [-0.25, -0.2) is 4.98 Å². The van der Waals surface area contributed by atoms with Gasteiger partial charge in [-0.3, -0.25) is 4.79 Å². The summed E-state index contributed by atoms with van der Waals surface area (Å²) < 4.78 is 4.35. The Hall–Kier alpha value is -3.64. The molecule has 0 saturated heterocycles. The maximum atomic E-state index is 12.4. The normalized spacial score (nSPS) is 11.6. The smallest absolute Gasteiger partial charge is 0.253 e. The number of imidazole rings is 1. The molecule has 162 valence electrons. The number of hydrogen-bond acceptors (Lipinski definition) is 3. The Kier molecular flexibility index (Phi) is 4.94. The molecule has 0 aliphatic carbocycles. The third-order valence-electron chi connectivity index (χ3n) is 6.07. The maximum absolute atomic E-state index is 12.4. The molecular formula is C26H26N4O2. The molecule has 1 N–H and O–H groups in total. The van der Waals surface area contributed by atoms with Crippen molar-refractivity contribution in [2.45, 2.75) is 20.0 Å². The number of benzene rings is 3. The minimum Gasteiger partial charge on any atom is -0.395 e. The number of carbonyl (C=O) groups excluding carboxylic acids is 1. The molecule has 2 heterocycles. The van der Waals surface area contributed by atoms with Crippen LogP contribution in [0.2, 0.25) is 0 Å². The van der Waals surface area contributed by atoms with Gasteiger partial charge in [-0.05, 0) is 49.4 Å². The Morgan fingerprint density at radius 3 is 2.44 bits per heavy atom.